The first-order valence-electron chi connectivity index (χ1n) is 6.14. The molecule has 1 heterocycles. The Balaban J connectivity index is 2.47. The van der Waals surface area contributed by atoms with Gasteiger partial charge < -0.3 is 20.2 Å². The highest BCUT2D eigenvalue weighted by Gasteiger charge is 2.34. The number of likely N-dealkylation sites (N-methyl/N-ethyl adjacent to an activating group) is 1. The summed E-state index contributed by atoms with van der Waals surface area (Å²) >= 11 is 1.39. The number of aliphatic carboxylic acids is 1. The molecule has 0 aromatic heterocycles. The topological polar surface area (TPSA) is 90.0 Å². The average Bonchev–Trinajstić information content (AvgIpc) is 2.86. The van der Waals surface area contributed by atoms with Gasteiger partial charge in [-0.05, 0) is 13.8 Å². The summed E-state index contributed by atoms with van der Waals surface area (Å²) in [6.07, 6.45) is 0. The van der Waals surface area contributed by atoms with Gasteiger partial charge in [0.2, 0.25) is 5.91 Å². The molecule has 7 nitrogen and oxygen atoms in total. The van der Waals surface area contributed by atoms with E-state index in [1.807, 2.05) is 13.8 Å². The maximum atomic E-state index is 11.8. The van der Waals surface area contributed by atoms with E-state index in [-0.39, 0.29) is 12.5 Å². The van der Waals surface area contributed by atoms with Gasteiger partial charge in [-0.3, -0.25) is 4.79 Å². The van der Waals surface area contributed by atoms with Crippen LogP contribution in [0.2, 0.25) is 0 Å². The fourth-order valence-electron chi connectivity index (χ4n) is 1.79. The lowest BCUT2D eigenvalue weighted by Crippen LogP contribution is -2.49. The molecule has 1 atom stereocenters. The normalized spacial score (nSPS) is 18.2. The molecule has 1 aliphatic rings. The number of urea groups is 1. The lowest BCUT2D eigenvalue weighted by atomic mass is 10.3. The number of carbonyl (C=O) groups excluding carboxylic acids is 2. The largest absolute Gasteiger partial charge is 0.480 e. The SMILES string of the molecule is CCN(CC)C(=O)CNC(=O)N1CSC[C@H]1C(=O)O. The maximum absolute atomic E-state index is 11.8. The predicted octanol–water partition coefficient (Wildman–Crippen LogP) is 0.0239. The van der Waals surface area contributed by atoms with Crippen molar-refractivity contribution < 1.29 is 19.5 Å². The summed E-state index contributed by atoms with van der Waals surface area (Å²) in [5.74, 6) is -0.470. The van der Waals surface area contributed by atoms with Gasteiger partial charge in [-0.2, -0.15) is 0 Å². The molecule has 0 aromatic carbocycles. The second-order valence-electron chi connectivity index (χ2n) is 4.05. The molecule has 0 aliphatic carbocycles. The van der Waals surface area contributed by atoms with E-state index in [2.05, 4.69) is 5.32 Å². The summed E-state index contributed by atoms with van der Waals surface area (Å²) in [6.45, 7) is 4.79. The molecule has 0 bridgehead atoms. The van der Waals surface area contributed by atoms with Crippen molar-refractivity contribution in [3.05, 3.63) is 0 Å². The number of hydrogen-bond acceptors (Lipinski definition) is 4. The third-order valence-electron chi connectivity index (χ3n) is 2.94. The first kappa shape index (κ1) is 15.6. The van der Waals surface area contributed by atoms with Crippen molar-refractivity contribution in [2.45, 2.75) is 19.9 Å². The monoisotopic (exact) mass is 289 g/mol. The Labute approximate surface area is 116 Å². The van der Waals surface area contributed by atoms with Crippen molar-refractivity contribution in [1.82, 2.24) is 15.1 Å². The van der Waals surface area contributed by atoms with Gasteiger partial charge in [0, 0.05) is 18.8 Å². The van der Waals surface area contributed by atoms with Crippen molar-refractivity contribution in [2.24, 2.45) is 0 Å². The van der Waals surface area contributed by atoms with E-state index in [1.165, 1.54) is 16.7 Å². The van der Waals surface area contributed by atoms with E-state index in [0.29, 0.717) is 24.7 Å². The number of thioether (sulfide) groups is 1. The first-order valence-corrected chi connectivity index (χ1v) is 7.29. The van der Waals surface area contributed by atoms with E-state index in [1.54, 1.807) is 4.90 Å². The number of nitrogens with zero attached hydrogens (tertiary/aromatic N) is 2. The summed E-state index contributed by atoms with van der Waals surface area (Å²) in [4.78, 5) is 37.3. The molecule has 1 aliphatic heterocycles. The van der Waals surface area contributed by atoms with Crippen LogP contribution in [0.5, 0.6) is 0 Å². The molecular weight excluding hydrogens is 270 g/mol. The molecule has 1 rings (SSSR count). The second kappa shape index (κ2) is 7.22. The van der Waals surface area contributed by atoms with Crippen LogP contribution in [0.15, 0.2) is 0 Å². The number of amides is 3. The van der Waals surface area contributed by atoms with Crippen LogP contribution in [0.1, 0.15) is 13.8 Å². The van der Waals surface area contributed by atoms with Crippen molar-refractivity contribution in [3.8, 4) is 0 Å². The molecule has 0 saturated carbocycles. The molecule has 19 heavy (non-hydrogen) atoms. The van der Waals surface area contributed by atoms with Crippen LogP contribution < -0.4 is 5.32 Å². The lowest BCUT2D eigenvalue weighted by molar-refractivity contribution is -0.140. The third kappa shape index (κ3) is 4.02. The van der Waals surface area contributed by atoms with Gasteiger partial charge in [0.05, 0.1) is 12.4 Å². The highest BCUT2D eigenvalue weighted by molar-refractivity contribution is 7.99. The van der Waals surface area contributed by atoms with Crippen LogP contribution in [0.4, 0.5) is 4.79 Å². The Hall–Kier alpha value is -1.44. The van der Waals surface area contributed by atoms with Crippen LogP contribution in [-0.2, 0) is 9.59 Å². The Morgan fingerprint density at radius 3 is 2.53 bits per heavy atom. The molecule has 0 aromatic rings. The summed E-state index contributed by atoms with van der Waals surface area (Å²) in [5.41, 5.74) is 0. The number of carboxylic acid groups (broad SMARTS) is 1. The highest BCUT2D eigenvalue weighted by Crippen LogP contribution is 2.20. The van der Waals surface area contributed by atoms with Gasteiger partial charge >= 0.3 is 12.0 Å². The zero-order valence-corrected chi connectivity index (χ0v) is 11.9. The van der Waals surface area contributed by atoms with Gasteiger partial charge in [-0.25, -0.2) is 9.59 Å². The molecular formula is C11H19N3O4S. The molecule has 108 valence electrons. The third-order valence-corrected chi connectivity index (χ3v) is 3.95. The van der Waals surface area contributed by atoms with Gasteiger partial charge in [-0.1, -0.05) is 0 Å². The first-order chi connectivity index (χ1) is 9.01. The van der Waals surface area contributed by atoms with Crippen LogP contribution >= 0.6 is 11.8 Å². The molecule has 1 fully saturated rings. The Morgan fingerprint density at radius 1 is 1.37 bits per heavy atom. The number of rotatable bonds is 5. The number of hydrogen-bond donors (Lipinski definition) is 2. The molecule has 2 N–H and O–H groups in total. The minimum atomic E-state index is -1.02. The summed E-state index contributed by atoms with van der Waals surface area (Å²) in [7, 11) is 0. The van der Waals surface area contributed by atoms with Crippen molar-refractivity contribution in [1.29, 1.82) is 0 Å². The van der Waals surface area contributed by atoms with E-state index < -0.39 is 18.0 Å². The molecule has 3 amide bonds. The van der Waals surface area contributed by atoms with Crippen LogP contribution in [0.25, 0.3) is 0 Å². The van der Waals surface area contributed by atoms with E-state index in [4.69, 9.17) is 5.11 Å². The second-order valence-corrected chi connectivity index (χ2v) is 5.05. The molecule has 0 spiro atoms. The number of carboxylic acids is 1. The standard InChI is InChI=1S/C11H19N3O4S/c1-3-13(4-2)9(15)5-12-11(18)14-7-19-6-8(14)10(16)17/h8H,3-7H2,1-2H3,(H,12,18)(H,16,17)/t8-/m0/s1. The Bertz CT molecular complexity index is 360. The Morgan fingerprint density at radius 2 is 2.00 bits per heavy atom. The number of carbonyl (C=O) groups is 3. The zero-order chi connectivity index (χ0) is 14.4. The molecule has 0 unspecified atom stereocenters. The molecule has 0 radical (unpaired) electrons. The maximum Gasteiger partial charge on any atom is 0.327 e. The summed E-state index contributed by atoms with van der Waals surface area (Å²) in [6, 6.07) is -1.31. The molecule has 8 heteroatoms. The van der Waals surface area contributed by atoms with E-state index in [0.717, 1.165) is 0 Å². The van der Waals surface area contributed by atoms with Crippen molar-refractivity contribution in [2.75, 3.05) is 31.3 Å². The number of nitrogens with one attached hydrogen (secondary N) is 1. The summed E-state index contributed by atoms with van der Waals surface area (Å²) in [5, 5.41) is 11.4. The van der Waals surface area contributed by atoms with Crippen LogP contribution in [-0.4, -0.2) is 70.1 Å². The van der Waals surface area contributed by atoms with Gasteiger partial charge in [0.1, 0.15) is 6.04 Å². The van der Waals surface area contributed by atoms with Gasteiger partial charge in [-0.15, -0.1) is 11.8 Å². The van der Waals surface area contributed by atoms with Crippen LogP contribution in [0, 0.1) is 0 Å². The smallest absolute Gasteiger partial charge is 0.327 e. The Kier molecular flexibility index (Phi) is 5.94. The average molecular weight is 289 g/mol. The van der Waals surface area contributed by atoms with Gasteiger partial charge in [0.15, 0.2) is 0 Å². The van der Waals surface area contributed by atoms with Crippen molar-refractivity contribution >= 4 is 29.7 Å². The minimum Gasteiger partial charge on any atom is -0.480 e. The quantitative estimate of drug-likeness (QED) is 0.745. The predicted molar refractivity (Wildman–Crippen MR) is 71.9 cm³/mol. The molecule has 1 saturated heterocycles. The fraction of sp³-hybridized carbons (Fsp3) is 0.727. The minimum absolute atomic E-state index is 0.103. The van der Waals surface area contributed by atoms with Crippen LogP contribution in [0.3, 0.4) is 0 Å². The van der Waals surface area contributed by atoms with E-state index >= 15 is 0 Å². The highest BCUT2D eigenvalue weighted by atomic mass is 32.2. The van der Waals surface area contributed by atoms with Crippen molar-refractivity contribution in [3.63, 3.8) is 0 Å². The van der Waals surface area contributed by atoms with Gasteiger partial charge in [0.25, 0.3) is 0 Å². The zero-order valence-electron chi connectivity index (χ0n) is 11.1. The lowest BCUT2D eigenvalue weighted by Gasteiger charge is -2.22. The fourth-order valence-corrected chi connectivity index (χ4v) is 2.93. The summed E-state index contributed by atoms with van der Waals surface area (Å²) < 4.78 is 0. The van der Waals surface area contributed by atoms with E-state index in [9.17, 15) is 14.4 Å².